The van der Waals surface area contributed by atoms with Crippen LogP contribution in [-0.4, -0.2) is 9.38 Å². The Labute approximate surface area is 146 Å². The third kappa shape index (κ3) is 2.31. The molecule has 0 aliphatic rings. The summed E-state index contributed by atoms with van der Waals surface area (Å²) in [6, 6.07) is 31.6. The van der Waals surface area contributed by atoms with Gasteiger partial charge in [-0.3, -0.25) is 4.40 Å². The van der Waals surface area contributed by atoms with Gasteiger partial charge in [-0.2, -0.15) is 0 Å². The second kappa shape index (κ2) is 5.60. The maximum absolute atomic E-state index is 4.90. The van der Waals surface area contributed by atoms with Gasteiger partial charge in [-0.1, -0.05) is 72.8 Å². The number of nitrogens with zero attached hydrogens (tertiary/aromatic N) is 2. The van der Waals surface area contributed by atoms with E-state index in [1.807, 2.05) is 18.2 Å². The van der Waals surface area contributed by atoms with Crippen LogP contribution >= 0.6 is 0 Å². The molecule has 5 rings (SSSR count). The Morgan fingerprint density at radius 3 is 2.24 bits per heavy atom. The predicted molar refractivity (Wildman–Crippen MR) is 104 cm³/mol. The minimum atomic E-state index is 0.963. The van der Waals surface area contributed by atoms with E-state index in [9.17, 15) is 0 Å². The Hall–Kier alpha value is -3.39. The molecule has 25 heavy (non-hydrogen) atoms. The molecule has 0 amide bonds. The summed E-state index contributed by atoms with van der Waals surface area (Å²) in [5, 5.41) is 2.49. The van der Waals surface area contributed by atoms with Gasteiger partial charge in [0.2, 0.25) is 0 Å². The highest BCUT2D eigenvalue weighted by molar-refractivity contribution is 5.90. The summed E-state index contributed by atoms with van der Waals surface area (Å²) in [4.78, 5) is 4.90. The highest BCUT2D eigenvalue weighted by Gasteiger charge is 2.15. The van der Waals surface area contributed by atoms with Crippen molar-refractivity contribution in [2.45, 2.75) is 0 Å². The fourth-order valence-electron chi connectivity index (χ4n) is 3.41. The van der Waals surface area contributed by atoms with Gasteiger partial charge in [-0.15, -0.1) is 0 Å². The SMILES string of the molecule is c1ccc(-c2nc3ccccn3c2-c2ccc3ccccc3c2)cc1. The molecule has 0 radical (unpaired) electrons. The van der Waals surface area contributed by atoms with Crippen LogP contribution in [0.4, 0.5) is 0 Å². The van der Waals surface area contributed by atoms with Crippen LogP contribution in [0.1, 0.15) is 0 Å². The van der Waals surface area contributed by atoms with Gasteiger partial charge in [0.25, 0.3) is 0 Å². The minimum Gasteiger partial charge on any atom is -0.299 e. The van der Waals surface area contributed by atoms with Gasteiger partial charge in [0.15, 0.2) is 0 Å². The molecule has 0 aliphatic carbocycles. The second-order valence-electron chi connectivity index (χ2n) is 6.17. The molecule has 3 aromatic carbocycles. The van der Waals surface area contributed by atoms with Crippen LogP contribution in [0.15, 0.2) is 97.2 Å². The molecule has 0 saturated heterocycles. The lowest BCUT2D eigenvalue weighted by molar-refractivity contribution is 1.19. The van der Waals surface area contributed by atoms with Gasteiger partial charge in [-0.05, 0) is 29.0 Å². The lowest BCUT2D eigenvalue weighted by atomic mass is 10.0. The molecule has 0 bridgehead atoms. The molecular weight excluding hydrogens is 304 g/mol. The number of aromatic nitrogens is 2. The van der Waals surface area contributed by atoms with E-state index in [-0.39, 0.29) is 0 Å². The van der Waals surface area contributed by atoms with E-state index in [4.69, 9.17) is 4.98 Å². The van der Waals surface area contributed by atoms with E-state index in [1.165, 1.54) is 16.3 Å². The van der Waals surface area contributed by atoms with Crippen molar-refractivity contribution in [2.24, 2.45) is 0 Å². The van der Waals surface area contributed by atoms with E-state index in [2.05, 4.69) is 83.4 Å². The molecule has 0 N–H and O–H groups in total. The highest BCUT2D eigenvalue weighted by atomic mass is 15.0. The van der Waals surface area contributed by atoms with Crippen molar-refractivity contribution in [1.29, 1.82) is 0 Å². The van der Waals surface area contributed by atoms with E-state index in [1.54, 1.807) is 0 Å². The summed E-state index contributed by atoms with van der Waals surface area (Å²) >= 11 is 0. The average molecular weight is 320 g/mol. The smallest absolute Gasteiger partial charge is 0.137 e. The Morgan fingerprint density at radius 1 is 0.600 bits per heavy atom. The lowest BCUT2D eigenvalue weighted by Gasteiger charge is -2.07. The normalized spacial score (nSPS) is 11.2. The van der Waals surface area contributed by atoms with Crippen molar-refractivity contribution < 1.29 is 0 Å². The number of hydrogen-bond donors (Lipinski definition) is 0. The average Bonchev–Trinajstić information content (AvgIpc) is 3.08. The summed E-state index contributed by atoms with van der Waals surface area (Å²) in [5.74, 6) is 0. The van der Waals surface area contributed by atoms with Gasteiger partial charge >= 0.3 is 0 Å². The predicted octanol–water partition coefficient (Wildman–Crippen LogP) is 5.82. The monoisotopic (exact) mass is 320 g/mol. The Morgan fingerprint density at radius 2 is 1.36 bits per heavy atom. The van der Waals surface area contributed by atoms with Crippen LogP contribution in [-0.2, 0) is 0 Å². The van der Waals surface area contributed by atoms with E-state index in [0.717, 1.165) is 22.6 Å². The fourth-order valence-corrected chi connectivity index (χ4v) is 3.41. The molecule has 5 aromatic rings. The number of imidazole rings is 1. The van der Waals surface area contributed by atoms with Gasteiger partial charge in [-0.25, -0.2) is 4.98 Å². The van der Waals surface area contributed by atoms with E-state index < -0.39 is 0 Å². The van der Waals surface area contributed by atoms with Crippen molar-refractivity contribution >= 4 is 16.4 Å². The van der Waals surface area contributed by atoms with Gasteiger partial charge in [0.1, 0.15) is 5.65 Å². The summed E-state index contributed by atoms with van der Waals surface area (Å²) in [6.45, 7) is 0. The largest absolute Gasteiger partial charge is 0.299 e. The molecule has 0 atom stereocenters. The summed E-state index contributed by atoms with van der Waals surface area (Å²) in [5.41, 5.74) is 5.42. The number of rotatable bonds is 2. The maximum Gasteiger partial charge on any atom is 0.137 e. The summed E-state index contributed by atoms with van der Waals surface area (Å²) < 4.78 is 2.17. The van der Waals surface area contributed by atoms with Gasteiger partial charge in [0.05, 0.1) is 11.4 Å². The molecule has 0 aliphatic heterocycles. The number of benzene rings is 3. The van der Waals surface area contributed by atoms with Crippen molar-refractivity contribution in [3.8, 4) is 22.5 Å². The van der Waals surface area contributed by atoms with Crippen molar-refractivity contribution in [3.05, 3.63) is 97.2 Å². The molecule has 118 valence electrons. The molecule has 2 heterocycles. The Balaban J connectivity index is 1.84. The van der Waals surface area contributed by atoms with Crippen LogP contribution < -0.4 is 0 Å². The summed E-state index contributed by atoms with van der Waals surface area (Å²) in [7, 11) is 0. The number of pyridine rings is 1. The first kappa shape index (κ1) is 14.0. The number of hydrogen-bond acceptors (Lipinski definition) is 1. The first-order chi connectivity index (χ1) is 12.4. The zero-order valence-electron chi connectivity index (χ0n) is 13.6. The molecule has 2 heteroatoms. The first-order valence-electron chi connectivity index (χ1n) is 8.42. The highest BCUT2D eigenvalue weighted by Crippen LogP contribution is 2.34. The van der Waals surface area contributed by atoms with Crippen LogP contribution in [0.2, 0.25) is 0 Å². The molecule has 2 nitrogen and oxygen atoms in total. The molecule has 2 aromatic heterocycles. The van der Waals surface area contributed by atoms with Gasteiger partial charge in [0, 0.05) is 17.3 Å². The van der Waals surface area contributed by atoms with Crippen molar-refractivity contribution in [3.63, 3.8) is 0 Å². The first-order valence-corrected chi connectivity index (χ1v) is 8.42. The third-order valence-electron chi connectivity index (χ3n) is 4.60. The standard InChI is InChI=1S/C23H16N2/c1-2-9-18(10-3-1)22-23(25-15-7-6-12-21(25)24-22)20-14-13-17-8-4-5-11-19(17)16-20/h1-16H. The maximum atomic E-state index is 4.90. The van der Waals surface area contributed by atoms with Crippen LogP contribution in [0.25, 0.3) is 38.9 Å². The van der Waals surface area contributed by atoms with Crippen molar-refractivity contribution in [2.75, 3.05) is 0 Å². The van der Waals surface area contributed by atoms with Crippen LogP contribution in [0.5, 0.6) is 0 Å². The molecule has 0 saturated carbocycles. The second-order valence-corrected chi connectivity index (χ2v) is 6.17. The van der Waals surface area contributed by atoms with Gasteiger partial charge < -0.3 is 0 Å². The Bertz CT molecular complexity index is 1190. The van der Waals surface area contributed by atoms with E-state index in [0.29, 0.717) is 0 Å². The van der Waals surface area contributed by atoms with Crippen LogP contribution in [0, 0.1) is 0 Å². The zero-order chi connectivity index (χ0) is 16.6. The van der Waals surface area contributed by atoms with E-state index >= 15 is 0 Å². The van der Waals surface area contributed by atoms with Crippen LogP contribution in [0.3, 0.4) is 0 Å². The zero-order valence-corrected chi connectivity index (χ0v) is 13.6. The quantitative estimate of drug-likeness (QED) is 0.400. The van der Waals surface area contributed by atoms with Crippen molar-refractivity contribution in [1.82, 2.24) is 9.38 Å². The third-order valence-corrected chi connectivity index (χ3v) is 4.60. The molecule has 0 fully saturated rings. The number of fused-ring (bicyclic) bond motifs is 2. The molecule has 0 spiro atoms. The topological polar surface area (TPSA) is 17.3 Å². The minimum absolute atomic E-state index is 0.963. The molecular formula is C23H16N2. The fraction of sp³-hybridized carbons (Fsp3) is 0. The summed E-state index contributed by atoms with van der Waals surface area (Å²) in [6.07, 6.45) is 2.08. The Kier molecular flexibility index (Phi) is 3.14. The lowest BCUT2D eigenvalue weighted by Crippen LogP contribution is -1.89. The molecule has 0 unspecified atom stereocenters.